The maximum atomic E-state index is 5.85. The third-order valence-electron chi connectivity index (χ3n) is 3.96. The van der Waals surface area contributed by atoms with Crippen LogP contribution in [0.2, 0.25) is 0 Å². The molecule has 0 atom stereocenters. The minimum atomic E-state index is 0.771. The highest BCUT2D eigenvalue weighted by atomic mass is 16.5. The Morgan fingerprint density at radius 2 is 1.38 bits per heavy atom. The molecule has 2 nitrogen and oxygen atoms in total. The van der Waals surface area contributed by atoms with Crippen LogP contribution in [0.1, 0.15) is 44.6 Å². The first-order valence-corrected chi connectivity index (χ1v) is 8.92. The van der Waals surface area contributed by atoms with Gasteiger partial charge in [-0.1, -0.05) is 38.0 Å². The van der Waals surface area contributed by atoms with Crippen molar-refractivity contribution in [3.63, 3.8) is 0 Å². The van der Waals surface area contributed by atoms with Crippen molar-refractivity contribution in [2.45, 2.75) is 45.4 Å². The van der Waals surface area contributed by atoms with E-state index < -0.39 is 0 Å². The lowest BCUT2D eigenvalue weighted by atomic mass is 10.1. The highest BCUT2D eigenvalue weighted by Gasteiger charge is 1.99. The third-order valence-corrected chi connectivity index (χ3v) is 3.96. The fraction of sp³-hybridized carbons (Fsp3) is 0.364. The van der Waals surface area contributed by atoms with Crippen molar-refractivity contribution in [2.75, 3.05) is 6.61 Å². The molecular formula is C22H28O2. The molecule has 2 aromatic rings. The van der Waals surface area contributed by atoms with Crippen molar-refractivity contribution in [3.8, 4) is 17.2 Å². The van der Waals surface area contributed by atoms with Crippen molar-refractivity contribution >= 4 is 0 Å². The zero-order chi connectivity index (χ0) is 17.0. The van der Waals surface area contributed by atoms with E-state index in [4.69, 9.17) is 9.47 Å². The minimum Gasteiger partial charge on any atom is -0.494 e. The fourth-order valence-electron chi connectivity index (χ4n) is 2.47. The van der Waals surface area contributed by atoms with Gasteiger partial charge < -0.3 is 9.47 Å². The highest BCUT2D eigenvalue weighted by Crippen LogP contribution is 2.24. The van der Waals surface area contributed by atoms with Crippen molar-refractivity contribution in [2.24, 2.45) is 0 Å². The van der Waals surface area contributed by atoms with E-state index in [0.717, 1.165) is 43.1 Å². The Hall–Kier alpha value is -2.22. The van der Waals surface area contributed by atoms with Gasteiger partial charge in [0.05, 0.1) is 6.61 Å². The summed E-state index contributed by atoms with van der Waals surface area (Å²) < 4.78 is 11.6. The van der Waals surface area contributed by atoms with Crippen LogP contribution in [0, 0.1) is 0 Å². The second-order valence-electron chi connectivity index (χ2n) is 5.91. The quantitative estimate of drug-likeness (QED) is 0.344. The van der Waals surface area contributed by atoms with Gasteiger partial charge in [0.2, 0.25) is 0 Å². The summed E-state index contributed by atoms with van der Waals surface area (Å²) in [4.78, 5) is 0. The molecule has 24 heavy (non-hydrogen) atoms. The predicted molar refractivity (Wildman–Crippen MR) is 101 cm³/mol. The van der Waals surface area contributed by atoms with Gasteiger partial charge in [0, 0.05) is 0 Å². The maximum absolute atomic E-state index is 5.85. The average Bonchev–Trinajstić information content (AvgIpc) is 2.63. The molecule has 2 aromatic carbocycles. The lowest BCUT2D eigenvalue weighted by molar-refractivity contribution is 0.304. The van der Waals surface area contributed by atoms with Crippen LogP contribution in [0.3, 0.4) is 0 Å². The SMILES string of the molecule is C=CCCCCCCOc1ccc(Oc2ccc(CC)cc2)cc1. The molecule has 0 heterocycles. The summed E-state index contributed by atoms with van der Waals surface area (Å²) in [5.41, 5.74) is 1.32. The normalized spacial score (nSPS) is 10.4. The molecule has 0 saturated carbocycles. The Balaban J connectivity index is 1.71. The number of aryl methyl sites for hydroxylation is 1. The van der Waals surface area contributed by atoms with Crippen LogP contribution < -0.4 is 9.47 Å². The Kier molecular flexibility index (Phi) is 7.96. The zero-order valence-electron chi connectivity index (χ0n) is 14.7. The van der Waals surface area contributed by atoms with Crippen molar-refractivity contribution in [1.82, 2.24) is 0 Å². The number of allylic oxidation sites excluding steroid dienone is 1. The number of hydrogen-bond acceptors (Lipinski definition) is 2. The van der Waals surface area contributed by atoms with Crippen LogP contribution >= 0.6 is 0 Å². The lowest BCUT2D eigenvalue weighted by Crippen LogP contribution is -1.97. The molecule has 0 aliphatic rings. The summed E-state index contributed by atoms with van der Waals surface area (Å²) in [5, 5.41) is 0. The summed E-state index contributed by atoms with van der Waals surface area (Å²) in [6, 6.07) is 16.1. The predicted octanol–water partition coefficient (Wildman–Crippen LogP) is 6.56. The molecule has 2 heteroatoms. The first kappa shape index (κ1) is 18.1. The molecule has 0 aliphatic heterocycles. The summed E-state index contributed by atoms with van der Waals surface area (Å²) >= 11 is 0. The fourth-order valence-corrected chi connectivity index (χ4v) is 2.47. The van der Waals surface area contributed by atoms with E-state index in [9.17, 15) is 0 Å². The Morgan fingerprint density at radius 1 is 0.792 bits per heavy atom. The molecule has 0 fully saturated rings. The van der Waals surface area contributed by atoms with Crippen molar-refractivity contribution < 1.29 is 9.47 Å². The van der Waals surface area contributed by atoms with Crippen molar-refractivity contribution in [1.29, 1.82) is 0 Å². The molecule has 0 aliphatic carbocycles. The van der Waals surface area contributed by atoms with Crippen LogP contribution in [0.5, 0.6) is 17.2 Å². The van der Waals surface area contributed by atoms with Gasteiger partial charge in [-0.2, -0.15) is 0 Å². The first-order chi connectivity index (χ1) is 11.8. The summed E-state index contributed by atoms with van der Waals surface area (Å²) in [6.45, 7) is 6.66. The molecular weight excluding hydrogens is 296 g/mol. The second kappa shape index (κ2) is 10.5. The topological polar surface area (TPSA) is 18.5 Å². The molecule has 0 amide bonds. The van der Waals surface area contributed by atoms with E-state index in [1.807, 2.05) is 42.5 Å². The van der Waals surface area contributed by atoms with Crippen LogP contribution in [0.4, 0.5) is 0 Å². The smallest absolute Gasteiger partial charge is 0.127 e. The lowest BCUT2D eigenvalue weighted by Gasteiger charge is -2.09. The van der Waals surface area contributed by atoms with E-state index in [-0.39, 0.29) is 0 Å². The van der Waals surface area contributed by atoms with E-state index in [0.29, 0.717) is 0 Å². The average molecular weight is 324 g/mol. The number of rotatable bonds is 11. The van der Waals surface area contributed by atoms with Gasteiger partial charge in [0.1, 0.15) is 17.2 Å². The molecule has 0 aromatic heterocycles. The molecule has 128 valence electrons. The van der Waals surface area contributed by atoms with Gasteiger partial charge in [-0.05, 0) is 67.6 Å². The van der Waals surface area contributed by atoms with Gasteiger partial charge in [-0.3, -0.25) is 0 Å². The molecule has 0 radical (unpaired) electrons. The number of ether oxygens (including phenoxy) is 2. The molecule has 0 N–H and O–H groups in total. The van der Waals surface area contributed by atoms with Gasteiger partial charge >= 0.3 is 0 Å². The molecule has 0 bridgehead atoms. The van der Waals surface area contributed by atoms with Crippen LogP contribution in [0.25, 0.3) is 0 Å². The highest BCUT2D eigenvalue weighted by molar-refractivity contribution is 5.36. The Bertz CT molecular complexity index is 584. The van der Waals surface area contributed by atoms with E-state index in [2.05, 4.69) is 25.6 Å². The van der Waals surface area contributed by atoms with Gasteiger partial charge in [-0.15, -0.1) is 6.58 Å². The second-order valence-corrected chi connectivity index (χ2v) is 5.91. The number of unbranched alkanes of at least 4 members (excludes halogenated alkanes) is 4. The Labute approximate surface area is 146 Å². The standard InChI is InChI=1S/C22H28O2/c1-3-5-6-7-8-9-18-23-20-14-16-22(17-15-20)24-21-12-10-19(4-2)11-13-21/h3,10-17H,1,4-9,18H2,2H3. The first-order valence-electron chi connectivity index (χ1n) is 8.92. The van der Waals surface area contributed by atoms with Gasteiger partial charge in [0.25, 0.3) is 0 Å². The van der Waals surface area contributed by atoms with E-state index >= 15 is 0 Å². The minimum absolute atomic E-state index is 0.771. The van der Waals surface area contributed by atoms with Gasteiger partial charge in [0.15, 0.2) is 0 Å². The van der Waals surface area contributed by atoms with E-state index in [1.54, 1.807) is 0 Å². The van der Waals surface area contributed by atoms with Crippen LogP contribution in [-0.2, 0) is 6.42 Å². The van der Waals surface area contributed by atoms with Crippen LogP contribution in [-0.4, -0.2) is 6.61 Å². The monoisotopic (exact) mass is 324 g/mol. The molecule has 0 spiro atoms. The van der Waals surface area contributed by atoms with E-state index in [1.165, 1.54) is 24.8 Å². The Morgan fingerprint density at radius 3 is 2.00 bits per heavy atom. The molecule has 0 saturated heterocycles. The summed E-state index contributed by atoms with van der Waals surface area (Å²) in [7, 11) is 0. The summed E-state index contributed by atoms with van der Waals surface area (Å²) in [6.07, 6.45) is 8.93. The third kappa shape index (κ3) is 6.49. The number of hydrogen-bond donors (Lipinski definition) is 0. The number of benzene rings is 2. The largest absolute Gasteiger partial charge is 0.494 e. The van der Waals surface area contributed by atoms with Crippen LogP contribution in [0.15, 0.2) is 61.2 Å². The maximum Gasteiger partial charge on any atom is 0.127 e. The molecule has 0 unspecified atom stereocenters. The van der Waals surface area contributed by atoms with Crippen molar-refractivity contribution in [3.05, 3.63) is 66.7 Å². The molecule has 2 rings (SSSR count). The summed E-state index contributed by atoms with van der Waals surface area (Å²) in [5.74, 6) is 2.59. The van der Waals surface area contributed by atoms with Gasteiger partial charge in [-0.25, -0.2) is 0 Å². The zero-order valence-corrected chi connectivity index (χ0v) is 14.7.